The van der Waals surface area contributed by atoms with Gasteiger partial charge in [0.1, 0.15) is 0 Å². The summed E-state index contributed by atoms with van der Waals surface area (Å²) in [5, 5.41) is 0. The van der Waals surface area contributed by atoms with Gasteiger partial charge in [-0.25, -0.2) is 0 Å². The van der Waals surface area contributed by atoms with Crippen LogP contribution in [-0.2, 0) is 17.1 Å². The molecule has 0 unspecified atom stereocenters. The van der Waals surface area contributed by atoms with Crippen LogP contribution in [0.3, 0.4) is 0 Å². The first kappa shape index (κ1) is 9.41. The molecule has 0 aromatic rings. The summed E-state index contributed by atoms with van der Waals surface area (Å²) >= 11 is -0.139. The summed E-state index contributed by atoms with van der Waals surface area (Å²) in [4.78, 5) is 0. The molecule has 31 valence electrons. The van der Waals surface area contributed by atoms with Gasteiger partial charge in [-0.1, -0.05) is 0 Å². The third-order valence-corrected chi connectivity index (χ3v) is 0. The van der Waals surface area contributed by atoms with Crippen LogP contribution < -0.4 is 0 Å². The molecule has 0 spiro atoms. The minimum Gasteiger partial charge on any atom is -0.106 e. The summed E-state index contributed by atoms with van der Waals surface area (Å²) in [6, 6.07) is 0. The monoisotopic (exact) mass is 127 g/mol. The standard InChI is InChI=1S/3CH3.Al.Mn/h3*1H3;;. The predicted molar refractivity (Wildman–Crippen MR) is 23.3 cm³/mol. The van der Waals surface area contributed by atoms with Crippen LogP contribution in [0.1, 0.15) is 0 Å². The van der Waals surface area contributed by atoms with E-state index in [4.69, 9.17) is 0 Å². The van der Waals surface area contributed by atoms with Crippen molar-refractivity contribution in [3.05, 3.63) is 0 Å². The van der Waals surface area contributed by atoms with Crippen LogP contribution in [0.15, 0.2) is 0 Å². The second-order valence-electron chi connectivity index (χ2n) is 1.73. The van der Waals surface area contributed by atoms with E-state index in [1.165, 1.54) is 0 Å². The molecule has 2 heteroatoms. The van der Waals surface area contributed by atoms with E-state index in [-0.39, 0.29) is 31.2 Å². The van der Waals surface area contributed by atoms with E-state index in [0.717, 1.165) is 0 Å². The van der Waals surface area contributed by atoms with Gasteiger partial charge in [0.05, 0.1) is 0 Å². The molecule has 0 aliphatic rings. The largest absolute Gasteiger partial charge is 0.251 e. The van der Waals surface area contributed by atoms with E-state index < -0.39 is 0 Å². The van der Waals surface area contributed by atoms with Crippen molar-refractivity contribution in [3.63, 3.8) is 0 Å². The number of rotatable bonds is 0. The molecule has 0 rings (SSSR count). The Morgan fingerprint density at radius 1 is 1.00 bits per heavy atom. The summed E-state index contributed by atoms with van der Waals surface area (Å²) in [5.41, 5.74) is 0. The van der Waals surface area contributed by atoms with Crippen molar-refractivity contribution in [2.24, 2.45) is 0 Å². The molecule has 0 aliphatic heterocycles. The first-order chi connectivity index (χ1) is 1.73. The second-order valence-corrected chi connectivity index (χ2v) is 5.20. The number of hydrogen-bond donors (Lipinski definition) is 0. The fourth-order valence-corrected chi connectivity index (χ4v) is 0. The van der Waals surface area contributed by atoms with Crippen LogP contribution in [0.5, 0.6) is 0 Å². The zero-order valence-corrected chi connectivity index (χ0v) is 6.29. The average Bonchev–Trinajstić information content (AvgIpc) is 0.811. The smallest absolute Gasteiger partial charge is 0.106 e. The van der Waals surface area contributed by atoms with Gasteiger partial charge >= 0.3 is 0 Å². The summed E-state index contributed by atoms with van der Waals surface area (Å²) in [5.74, 6) is 6.92. The third-order valence-electron chi connectivity index (χ3n) is 0. The molecule has 0 bridgehead atoms. The van der Waals surface area contributed by atoms with E-state index in [1.54, 1.807) is 0 Å². The normalized spacial score (nSPS) is 5.40. The second kappa shape index (κ2) is 5.05. The van der Waals surface area contributed by atoms with E-state index >= 15 is 0 Å². The Kier molecular flexibility index (Phi) is 9.51. The Balaban J connectivity index is 0. The van der Waals surface area contributed by atoms with Crippen LogP contribution in [0, 0.1) is 0 Å². The van der Waals surface area contributed by atoms with Gasteiger partial charge in [-0.15, -0.1) is 17.4 Å². The van der Waals surface area contributed by atoms with E-state index in [9.17, 15) is 0 Å². The molecule has 1 radical (unpaired) electrons. The maximum atomic E-state index is 2.31. The van der Waals surface area contributed by atoms with Crippen LogP contribution >= 0.6 is 0 Å². The van der Waals surface area contributed by atoms with Crippen molar-refractivity contribution in [1.82, 2.24) is 0 Å². The predicted octanol–water partition coefficient (Wildman–Crippen LogP) is 1.37. The molecule has 0 saturated heterocycles. The fraction of sp³-hybridized carbons (Fsp3) is 1.00. The van der Waals surface area contributed by atoms with Crippen molar-refractivity contribution in [2.45, 2.75) is 17.4 Å². The van der Waals surface area contributed by atoms with Crippen molar-refractivity contribution in [2.75, 3.05) is 0 Å². The molecule has 0 atom stereocenters. The van der Waals surface area contributed by atoms with E-state index in [0.29, 0.717) is 0 Å². The SMILES string of the molecule is [CH3][Al]([CH3])[CH3].[Mn]. The maximum absolute atomic E-state index is 2.31. The number of hydrogen-bond acceptors (Lipinski definition) is 0. The van der Waals surface area contributed by atoms with Gasteiger partial charge in [0, 0.05) is 17.1 Å². The van der Waals surface area contributed by atoms with Gasteiger partial charge in [-0.3, -0.25) is 0 Å². The summed E-state index contributed by atoms with van der Waals surface area (Å²) in [7, 11) is 0. The minimum atomic E-state index is -0.139. The Morgan fingerprint density at radius 3 is 1.00 bits per heavy atom. The molecule has 0 nitrogen and oxygen atoms in total. The van der Waals surface area contributed by atoms with Gasteiger partial charge in [-0.2, -0.15) is 0 Å². The van der Waals surface area contributed by atoms with Crippen LogP contribution in [-0.4, -0.2) is 14.1 Å². The van der Waals surface area contributed by atoms with Gasteiger partial charge in [-0.05, 0) is 0 Å². The van der Waals surface area contributed by atoms with Gasteiger partial charge in [0.15, 0.2) is 0 Å². The Morgan fingerprint density at radius 2 is 1.00 bits per heavy atom. The molecule has 0 aliphatic carbocycles. The molecule has 0 aromatic heterocycles. The quantitative estimate of drug-likeness (QED) is 0.431. The molecule has 0 aromatic carbocycles. The molecular weight excluding hydrogens is 118 g/mol. The van der Waals surface area contributed by atoms with Gasteiger partial charge in [0.2, 0.25) is 0 Å². The third kappa shape index (κ3) is 42.5. The molecule has 5 heavy (non-hydrogen) atoms. The summed E-state index contributed by atoms with van der Waals surface area (Å²) in [6.45, 7) is 0. The maximum Gasteiger partial charge on any atom is 0.251 e. The van der Waals surface area contributed by atoms with E-state index in [1.807, 2.05) is 0 Å². The van der Waals surface area contributed by atoms with Crippen LogP contribution in [0.25, 0.3) is 0 Å². The molecule has 0 amide bonds. The van der Waals surface area contributed by atoms with Crippen molar-refractivity contribution in [1.29, 1.82) is 0 Å². The molecule has 0 saturated carbocycles. The Bertz CT molecular complexity index is 11.6. The Labute approximate surface area is 48.8 Å². The molecule has 0 N–H and O–H groups in total. The van der Waals surface area contributed by atoms with E-state index in [2.05, 4.69) is 17.4 Å². The summed E-state index contributed by atoms with van der Waals surface area (Å²) < 4.78 is 0. The van der Waals surface area contributed by atoms with Crippen LogP contribution in [0.4, 0.5) is 0 Å². The fourth-order valence-electron chi connectivity index (χ4n) is 0. The van der Waals surface area contributed by atoms with Crippen LogP contribution in [0.2, 0.25) is 17.4 Å². The van der Waals surface area contributed by atoms with Crippen molar-refractivity contribution >= 4 is 14.1 Å². The summed E-state index contributed by atoms with van der Waals surface area (Å²) in [6.07, 6.45) is 0. The topological polar surface area (TPSA) is 0 Å². The van der Waals surface area contributed by atoms with Gasteiger partial charge in [0.25, 0.3) is 14.1 Å². The van der Waals surface area contributed by atoms with Crippen molar-refractivity contribution in [3.8, 4) is 0 Å². The zero-order chi connectivity index (χ0) is 3.58. The Hall–Kier alpha value is 1.05. The minimum absolute atomic E-state index is 0. The molecule has 0 fully saturated rings. The first-order valence-electron chi connectivity index (χ1n) is 1.73. The van der Waals surface area contributed by atoms with Gasteiger partial charge < -0.3 is 0 Å². The zero-order valence-electron chi connectivity index (χ0n) is 3.96. The molecular formula is C3H9AlMn. The average molecular weight is 127 g/mol. The first-order valence-corrected chi connectivity index (χ1v) is 5.20. The molecule has 0 heterocycles. The van der Waals surface area contributed by atoms with Crippen molar-refractivity contribution < 1.29 is 17.1 Å².